The topological polar surface area (TPSA) is 40.6 Å². The van der Waals surface area contributed by atoms with Crippen LogP contribution in [-0.4, -0.2) is 51.9 Å². The smallest absolute Gasteiger partial charge is 0.254 e. The van der Waals surface area contributed by atoms with Crippen molar-refractivity contribution < 1.29 is 14.0 Å². The zero-order valence-electron chi connectivity index (χ0n) is 14.2. The second-order valence-corrected chi connectivity index (χ2v) is 8.67. The Morgan fingerprint density at radius 2 is 1.76 bits per heavy atom. The van der Waals surface area contributed by atoms with E-state index in [4.69, 9.17) is 0 Å². The molecule has 0 radical (unpaired) electrons. The first-order chi connectivity index (χ1) is 12.1. The lowest BCUT2D eigenvalue weighted by Crippen LogP contribution is -2.54. The van der Waals surface area contributed by atoms with Crippen LogP contribution >= 0.6 is 11.8 Å². The Balaban J connectivity index is 1.45. The highest BCUT2D eigenvalue weighted by atomic mass is 32.2. The van der Waals surface area contributed by atoms with Crippen LogP contribution in [0.4, 0.5) is 4.39 Å². The summed E-state index contributed by atoms with van der Waals surface area (Å²) in [4.78, 5) is 29.1. The second-order valence-electron chi connectivity index (χ2n) is 7.21. The van der Waals surface area contributed by atoms with Crippen LogP contribution < -0.4 is 0 Å². The molecule has 0 atom stereocenters. The van der Waals surface area contributed by atoms with E-state index in [-0.39, 0.29) is 22.5 Å². The Labute approximate surface area is 151 Å². The minimum absolute atomic E-state index is 0.0243. The van der Waals surface area contributed by atoms with Crippen molar-refractivity contribution in [3.8, 4) is 0 Å². The van der Waals surface area contributed by atoms with Crippen molar-refractivity contribution in [1.82, 2.24) is 9.80 Å². The van der Waals surface area contributed by atoms with Crippen LogP contribution in [0.25, 0.3) is 0 Å². The number of hydrogen-bond acceptors (Lipinski definition) is 3. The van der Waals surface area contributed by atoms with Crippen LogP contribution in [0.1, 0.15) is 42.5 Å². The van der Waals surface area contributed by atoms with Crippen LogP contribution in [0.15, 0.2) is 24.3 Å². The number of nitrogens with zero attached hydrogens (tertiary/aromatic N) is 2. The van der Waals surface area contributed by atoms with Crippen LogP contribution in [0, 0.1) is 11.7 Å². The number of piperidine rings is 1. The van der Waals surface area contributed by atoms with Gasteiger partial charge >= 0.3 is 0 Å². The van der Waals surface area contributed by atoms with E-state index in [0.717, 1.165) is 51.1 Å². The lowest BCUT2D eigenvalue weighted by Gasteiger charge is -2.45. The number of rotatable bonds is 2. The highest BCUT2D eigenvalue weighted by molar-refractivity contribution is 8.00. The van der Waals surface area contributed by atoms with E-state index in [0.29, 0.717) is 11.5 Å². The van der Waals surface area contributed by atoms with Crippen molar-refractivity contribution in [2.75, 3.05) is 25.4 Å². The fourth-order valence-corrected chi connectivity index (χ4v) is 5.50. The summed E-state index contributed by atoms with van der Waals surface area (Å²) < 4.78 is 13.1. The van der Waals surface area contributed by atoms with E-state index in [9.17, 15) is 14.0 Å². The zero-order valence-corrected chi connectivity index (χ0v) is 15.1. The third-order valence-electron chi connectivity index (χ3n) is 5.82. The first-order valence-electron chi connectivity index (χ1n) is 9.09. The van der Waals surface area contributed by atoms with Gasteiger partial charge in [0.15, 0.2) is 0 Å². The molecule has 1 aromatic rings. The summed E-state index contributed by atoms with van der Waals surface area (Å²) >= 11 is 1.83. The molecule has 0 N–H and O–H groups in total. The summed E-state index contributed by atoms with van der Waals surface area (Å²) in [6, 6.07) is 5.79. The number of amides is 2. The molecule has 2 saturated heterocycles. The number of thioether (sulfide) groups is 1. The SMILES string of the molecule is O=C(C1CCC1)N1CCC2(CC1)SCCN2C(=O)c1ccc(F)cc1. The van der Waals surface area contributed by atoms with Crippen LogP contribution in [0.5, 0.6) is 0 Å². The maximum absolute atomic E-state index is 13.1. The highest BCUT2D eigenvalue weighted by Crippen LogP contribution is 2.45. The minimum Gasteiger partial charge on any atom is -0.342 e. The quantitative estimate of drug-likeness (QED) is 0.812. The lowest BCUT2D eigenvalue weighted by molar-refractivity contribution is -0.139. The lowest BCUT2D eigenvalue weighted by atomic mass is 9.84. The number of carbonyl (C=O) groups is 2. The third-order valence-corrected chi connectivity index (χ3v) is 7.38. The standard InChI is InChI=1S/C19H23FN2O2S/c20-16-6-4-15(5-7-16)18(24)22-12-13-25-19(22)8-10-21(11-9-19)17(23)14-2-1-3-14/h4-7,14H,1-3,8-13H2. The number of halogens is 1. The monoisotopic (exact) mass is 362 g/mol. The molecule has 2 heterocycles. The molecule has 6 heteroatoms. The Bertz CT molecular complexity index is 667. The van der Waals surface area contributed by atoms with Crippen LogP contribution in [0.3, 0.4) is 0 Å². The summed E-state index contributed by atoms with van der Waals surface area (Å²) in [5.41, 5.74) is 0.538. The molecule has 25 heavy (non-hydrogen) atoms. The van der Waals surface area contributed by atoms with Crippen molar-refractivity contribution in [2.24, 2.45) is 5.92 Å². The zero-order chi connectivity index (χ0) is 17.4. The predicted molar refractivity (Wildman–Crippen MR) is 95.8 cm³/mol. The Kier molecular flexibility index (Phi) is 4.48. The highest BCUT2D eigenvalue weighted by Gasteiger charge is 2.47. The molecule has 2 aliphatic heterocycles. The molecule has 134 valence electrons. The molecule has 4 rings (SSSR count). The van der Waals surface area contributed by atoms with E-state index in [1.54, 1.807) is 12.1 Å². The van der Waals surface area contributed by atoms with Crippen LogP contribution in [0.2, 0.25) is 0 Å². The van der Waals surface area contributed by atoms with Gasteiger partial charge in [-0.05, 0) is 49.9 Å². The predicted octanol–water partition coefficient (Wildman–Crippen LogP) is 3.13. The first-order valence-corrected chi connectivity index (χ1v) is 10.1. The van der Waals surface area contributed by atoms with Gasteiger partial charge in [-0.1, -0.05) is 6.42 Å². The molecule has 1 saturated carbocycles. The van der Waals surface area contributed by atoms with E-state index < -0.39 is 0 Å². The first kappa shape index (κ1) is 16.9. The van der Waals surface area contributed by atoms with Crippen LogP contribution in [-0.2, 0) is 4.79 Å². The number of hydrogen-bond donors (Lipinski definition) is 0. The molecule has 0 aromatic heterocycles. The maximum atomic E-state index is 13.1. The maximum Gasteiger partial charge on any atom is 0.254 e. The molecule has 3 aliphatic rings. The summed E-state index contributed by atoms with van der Waals surface area (Å²) in [5, 5.41) is 0. The van der Waals surface area contributed by atoms with Gasteiger partial charge in [0.2, 0.25) is 5.91 Å². The number of likely N-dealkylation sites (tertiary alicyclic amines) is 1. The molecular weight excluding hydrogens is 339 g/mol. The molecule has 0 unspecified atom stereocenters. The Hall–Kier alpha value is -1.56. The van der Waals surface area contributed by atoms with Gasteiger partial charge in [-0.2, -0.15) is 0 Å². The second kappa shape index (κ2) is 6.63. The fourth-order valence-electron chi connectivity index (χ4n) is 4.05. The molecule has 4 nitrogen and oxygen atoms in total. The van der Waals surface area contributed by atoms with Gasteiger partial charge in [0, 0.05) is 36.9 Å². The molecule has 1 aliphatic carbocycles. The van der Waals surface area contributed by atoms with E-state index in [1.807, 2.05) is 21.6 Å². The van der Waals surface area contributed by atoms with Crippen molar-refractivity contribution in [3.05, 3.63) is 35.6 Å². The van der Waals surface area contributed by atoms with Gasteiger partial charge in [-0.3, -0.25) is 9.59 Å². The fraction of sp³-hybridized carbons (Fsp3) is 0.579. The van der Waals surface area contributed by atoms with Gasteiger partial charge < -0.3 is 9.80 Å². The summed E-state index contributed by atoms with van der Waals surface area (Å²) in [6.45, 7) is 2.18. The summed E-state index contributed by atoms with van der Waals surface area (Å²) in [7, 11) is 0. The molecule has 2 amide bonds. The molecule has 3 fully saturated rings. The van der Waals surface area contributed by atoms with E-state index in [1.165, 1.54) is 18.6 Å². The van der Waals surface area contributed by atoms with Gasteiger partial charge in [0.05, 0.1) is 4.87 Å². The Morgan fingerprint density at radius 3 is 2.36 bits per heavy atom. The van der Waals surface area contributed by atoms with Crippen molar-refractivity contribution in [1.29, 1.82) is 0 Å². The largest absolute Gasteiger partial charge is 0.342 e. The molecule has 1 spiro atoms. The van der Waals surface area contributed by atoms with E-state index >= 15 is 0 Å². The third kappa shape index (κ3) is 3.05. The Morgan fingerprint density at radius 1 is 1.08 bits per heavy atom. The van der Waals surface area contributed by atoms with Gasteiger partial charge in [-0.25, -0.2) is 4.39 Å². The van der Waals surface area contributed by atoms with Gasteiger partial charge in [-0.15, -0.1) is 11.8 Å². The van der Waals surface area contributed by atoms with Crippen molar-refractivity contribution in [2.45, 2.75) is 37.0 Å². The molecule has 0 bridgehead atoms. The average molecular weight is 362 g/mol. The van der Waals surface area contributed by atoms with Crippen molar-refractivity contribution >= 4 is 23.6 Å². The summed E-state index contributed by atoms with van der Waals surface area (Å²) in [5.74, 6) is 1.11. The molecule has 1 aromatic carbocycles. The molecular formula is C19H23FN2O2S. The average Bonchev–Trinajstić information content (AvgIpc) is 2.97. The van der Waals surface area contributed by atoms with E-state index in [2.05, 4.69) is 0 Å². The number of carbonyl (C=O) groups excluding carboxylic acids is 2. The normalized spacial score (nSPS) is 22.9. The van der Waals surface area contributed by atoms with Crippen molar-refractivity contribution in [3.63, 3.8) is 0 Å². The minimum atomic E-state index is -0.329. The summed E-state index contributed by atoms with van der Waals surface area (Å²) in [6.07, 6.45) is 4.88. The number of benzene rings is 1. The van der Waals surface area contributed by atoms with Gasteiger partial charge in [0.1, 0.15) is 5.82 Å². The van der Waals surface area contributed by atoms with Gasteiger partial charge in [0.25, 0.3) is 5.91 Å².